The molecule has 0 aromatic rings. The van der Waals surface area contributed by atoms with Gasteiger partial charge in [0.15, 0.2) is 0 Å². The number of allylic oxidation sites excluding steroid dienone is 2. The molecule has 0 spiro atoms. The summed E-state index contributed by atoms with van der Waals surface area (Å²) in [4.78, 5) is 0. The summed E-state index contributed by atoms with van der Waals surface area (Å²) >= 11 is 0. The Labute approximate surface area is 153 Å². The molecule has 3 N–H and O–H groups in total. The average molecular weight is 359 g/mol. The van der Waals surface area contributed by atoms with Gasteiger partial charge in [0.25, 0.3) is 0 Å². The van der Waals surface area contributed by atoms with Crippen molar-refractivity contribution in [2.75, 3.05) is 19.8 Å². The molecule has 25 heavy (non-hydrogen) atoms. The molecule has 1 heterocycles. The van der Waals surface area contributed by atoms with E-state index in [2.05, 4.69) is 19.1 Å². The van der Waals surface area contributed by atoms with Gasteiger partial charge in [0.2, 0.25) is 0 Å². The topological polar surface area (TPSA) is 79.2 Å². The lowest BCUT2D eigenvalue weighted by Gasteiger charge is -2.20. The minimum atomic E-state index is -1.03. The second kappa shape index (κ2) is 14.7. The Morgan fingerprint density at radius 3 is 2.28 bits per heavy atom. The lowest BCUT2D eigenvalue weighted by Crippen LogP contribution is -2.40. The highest BCUT2D eigenvalue weighted by atomic mass is 16.5. The summed E-state index contributed by atoms with van der Waals surface area (Å²) in [6.07, 6.45) is 13.3. The fourth-order valence-electron chi connectivity index (χ4n) is 3.02. The van der Waals surface area contributed by atoms with Gasteiger partial charge in [-0.3, -0.25) is 0 Å². The van der Waals surface area contributed by atoms with Crippen molar-refractivity contribution >= 4 is 0 Å². The van der Waals surface area contributed by atoms with E-state index < -0.39 is 24.4 Å². The Morgan fingerprint density at radius 1 is 1.00 bits per heavy atom. The number of aliphatic hydroxyl groups is 3. The van der Waals surface area contributed by atoms with Gasteiger partial charge in [0, 0.05) is 6.61 Å². The van der Waals surface area contributed by atoms with Gasteiger partial charge in [-0.15, -0.1) is 0 Å². The molecule has 0 amide bonds. The zero-order valence-electron chi connectivity index (χ0n) is 15.8. The zero-order chi connectivity index (χ0) is 18.3. The summed E-state index contributed by atoms with van der Waals surface area (Å²) in [5, 5.41) is 28.9. The summed E-state index contributed by atoms with van der Waals surface area (Å²) in [5.74, 6) is 0. The predicted octanol–water partition coefficient (Wildman–Crippen LogP) is 2.96. The Kier molecular flexibility index (Phi) is 13.3. The molecule has 0 aromatic heterocycles. The van der Waals surface area contributed by atoms with Gasteiger partial charge in [-0.2, -0.15) is 0 Å². The predicted molar refractivity (Wildman–Crippen MR) is 99.6 cm³/mol. The highest BCUT2D eigenvalue weighted by Gasteiger charge is 2.39. The fraction of sp³-hybridized carbons (Fsp3) is 0.900. The molecule has 5 nitrogen and oxygen atoms in total. The molecule has 1 aliphatic heterocycles. The number of aliphatic hydroxyl groups excluding tert-OH is 3. The van der Waals surface area contributed by atoms with Crippen molar-refractivity contribution in [2.45, 2.75) is 95.5 Å². The van der Waals surface area contributed by atoms with E-state index in [4.69, 9.17) is 9.47 Å². The Balaban J connectivity index is 1.86. The first-order chi connectivity index (χ1) is 12.2. The molecule has 1 fully saturated rings. The Bertz CT molecular complexity index is 334. The summed E-state index contributed by atoms with van der Waals surface area (Å²) in [6, 6.07) is 0. The van der Waals surface area contributed by atoms with Gasteiger partial charge in [-0.25, -0.2) is 0 Å². The first-order valence-electron chi connectivity index (χ1n) is 10.0. The monoisotopic (exact) mass is 358 g/mol. The molecule has 148 valence electrons. The van der Waals surface area contributed by atoms with Crippen LogP contribution in [0.25, 0.3) is 0 Å². The quantitative estimate of drug-likeness (QED) is 0.310. The maximum atomic E-state index is 9.89. The maximum absolute atomic E-state index is 9.89. The lowest BCUT2D eigenvalue weighted by atomic mass is 10.1. The van der Waals surface area contributed by atoms with Crippen molar-refractivity contribution in [3.63, 3.8) is 0 Å². The molecule has 1 aliphatic rings. The second-order valence-electron chi connectivity index (χ2n) is 7.02. The van der Waals surface area contributed by atoms with Crippen molar-refractivity contribution in [2.24, 2.45) is 0 Å². The van der Waals surface area contributed by atoms with Crippen LogP contribution in [0.2, 0.25) is 0 Å². The van der Waals surface area contributed by atoms with Crippen LogP contribution in [-0.4, -0.2) is 59.6 Å². The van der Waals surface area contributed by atoms with Gasteiger partial charge >= 0.3 is 0 Å². The molecule has 1 rings (SSSR count). The maximum Gasteiger partial charge on any atom is 0.114 e. The van der Waals surface area contributed by atoms with E-state index in [9.17, 15) is 15.3 Å². The Hall–Kier alpha value is -0.460. The van der Waals surface area contributed by atoms with Gasteiger partial charge in [-0.05, 0) is 25.7 Å². The summed E-state index contributed by atoms with van der Waals surface area (Å²) in [7, 11) is 0. The molecular formula is C20H38O5. The first-order valence-corrected chi connectivity index (χ1v) is 10.0. The highest BCUT2D eigenvalue weighted by molar-refractivity contribution is 4.87. The third-order valence-electron chi connectivity index (χ3n) is 4.66. The number of unbranched alkanes of at least 4 members (excludes halogenated alkanes) is 8. The molecule has 4 atom stereocenters. The van der Waals surface area contributed by atoms with Crippen LogP contribution in [0.3, 0.4) is 0 Å². The minimum Gasteiger partial charge on any atom is -0.388 e. The molecule has 5 heteroatoms. The van der Waals surface area contributed by atoms with Crippen molar-refractivity contribution in [3.8, 4) is 0 Å². The van der Waals surface area contributed by atoms with Crippen LogP contribution in [0, 0.1) is 0 Å². The number of ether oxygens (including phenoxy) is 2. The van der Waals surface area contributed by atoms with E-state index in [0.29, 0.717) is 6.61 Å². The van der Waals surface area contributed by atoms with Crippen LogP contribution in [0.4, 0.5) is 0 Å². The van der Waals surface area contributed by atoms with Gasteiger partial charge < -0.3 is 24.8 Å². The second-order valence-corrected chi connectivity index (χ2v) is 7.02. The van der Waals surface area contributed by atoms with E-state index in [0.717, 1.165) is 19.3 Å². The van der Waals surface area contributed by atoms with Gasteiger partial charge in [0.05, 0.1) is 13.2 Å². The smallest absolute Gasteiger partial charge is 0.114 e. The van der Waals surface area contributed by atoms with E-state index in [1.54, 1.807) is 0 Å². The summed E-state index contributed by atoms with van der Waals surface area (Å²) in [5.41, 5.74) is 0. The SMILES string of the molecule is CCCCCCCCC/C=C/CCCOC[C@@H](O)[C@@H]1OC[C@H](O)[C@@H]1O. The Morgan fingerprint density at radius 2 is 1.64 bits per heavy atom. The number of hydrogen-bond donors (Lipinski definition) is 3. The van der Waals surface area contributed by atoms with Crippen LogP contribution in [0.5, 0.6) is 0 Å². The van der Waals surface area contributed by atoms with Crippen molar-refractivity contribution < 1.29 is 24.8 Å². The average Bonchev–Trinajstić information content (AvgIpc) is 2.94. The zero-order valence-corrected chi connectivity index (χ0v) is 15.8. The third-order valence-corrected chi connectivity index (χ3v) is 4.66. The number of hydrogen-bond acceptors (Lipinski definition) is 5. The van der Waals surface area contributed by atoms with E-state index in [1.165, 1.54) is 44.9 Å². The van der Waals surface area contributed by atoms with Crippen molar-refractivity contribution in [1.82, 2.24) is 0 Å². The third kappa shape index (κ3) is 10.3. The van der Waals surface area contributed by atoms with E-state index in [-0.39, 0.29) is 13.2 Å². The van der Waals surface area contributed by atoms with Gasteiger partial charge in [0.1, 0.15) is 24.4 Å². The minimum absolute atomic E-state index is 0.0619. The van der Waals surface area contributed by atoms with Crippen LogP contribution in [0.15, 0.2) is 12.2 Å². The summed E-state index contributed by atoms with van der Waals surface area (Å²) in [6.45, 7) is 3.00. The van der Waals surface area contributed by atoms with Gasteiger partial charge in [-0.1, -0.05) is 57.6 Å². The first kappa shape index (κ1) is 22.6. The van der Waals surface area contributed by atoms with Crippen LogP contribution in [-0.2, 0) is 9.47 Å². The highest BCUT2D eigenvalue weighted by Crippen LogP contribution is 2.17. The van der Waals surface area contributed by atoms with Crippen LogP contribution < -0.4 is 0 Å². The normalized spacial score (nSPS) is 25.0. The molecule has 0 radical (unpaired) electrons. The molecule has 0 aromatic carbocycles. The van der Waals surface area contributed by atoms with Crippen LogP contribution >= 0.6 is 0 Å². The fourth-order valence-corrected chi connectivity index (χ4v) is 3.02. The van der Waals surface area contributed by atoms with Crippen molar-refractivity contribution in [3.05, 3.63) is 12.2 Å². The lowest BCUT2D eigenvalue weighted by molar-refractivity contribution is -0.0811. The van der Waals surface area contributed by atoms with E-state index >= 15 is 0 Å². The number of rotatable bonds is 15. The molecule has 0 aliphatic carbocycles. The molecule has 0 bridgehead atoms. The van der Waals surface area contributed by atoms with Crippen LogP contribution in [0.1, 0.15) is 71.1 Å². The molecule has 0 saturated carbocycles. The molecule has 0 unspecified atom stereocenters. The van der Waals surface area contributed by atoms with Crippen molar-refractivity contribution in [1.29, 1.82) is 0 Å². The largest absolute Gasteiger partial charge is 0.388 e. The van der Waals surface area contributed by atoms with E-state index in [1.807, 2.05) is 0 Å². The molecule has 1 saturated heterocycles. The molecular weight excluding hydrogens is 320 g/mol. The standard InChI is InChI=1S/C20H38O5/c1-2-3-4-5-6-7-8-9-10-11-12-13-14-24-15-18(22)20-19(23)17(21)16-25-20/h10-11,17-23H,2-9,12-16H2,1H3/b11-10+/t17-,18+,19-,20-/m0/s1. The summed E-state index contributed by atoms with van der Waals surface area (Å²) < 4.78 is 10.6.